The van der Waals surface area contributed by atoms with Crippen molar-refractivity contribution >= 4 is 0 Å². The number of pyridine rings is 1. The van der Waals surface area contributed by atoms with Gasteiger partial charge in [0.1, 0.15) is 17.2 Å². The molecule has 0 aliphatic heterocycles. The highest BCUT2D eigenvalue weighted by molar-refractivity contribution is 5.40. The largest absolute Gasteiger partial charge is 0.475 e. The second-order valence-corrected chi connectivity index (χ2v) is 4.73. The highest BCUT2D eigenvalue weighted by Crippen LogP contribution is 2.31. The van der Waals surface area contributed by atoms with Crippen molar-refractivity contribution in [1.82, 2.24) is 4.98 Å². The number of para-hydroxylation sites is 1. The standard InChI is InChI=1S/C19H17NO3/c1-2-21-19-18(9-6-14-20-19)23-17-12-10-16(11-13-17)22-15-7-4-3-5-8-15/h3-14H,2H2,1H3. The maximum Gasteiger partial charge on any atom is 0.257 e. The van der Waals surface area contributed by atoms with Crippen molar-refractivity contribution in [1.29, 1.82) is 0 Å². The fourth-order valence-electron chi connectivity index (χ4n) is 2.03. The van der Waals surface area contributed by atoms with E-state index in [1.165, 1.54) is 0 Å². The number of hydrogen-bond acceptors (Lipinski definition) is 4. The monoisotopic (exact) mass is 307 g/mol. The second kappa shape index (κ2) is 7.31. The van der Waals surface area contributed by atoms with E-state index in [0.29, 0.717) is 24.0 Å². The molecule has 116 valence electrons. The lowest BCUT2D eigenvalue weighted by Crippen LogP contribution is -1.97. The first-order chi connectivity index (χ1) is 11.3. The highest BCUT2D eigenvalue weighted by Gasteiger charge is 2.07. The number of nitrogens with zero attached hydrogens (tertiary/aromatic N) is 1. The quantitative estimate of drug-likeness (QED) is 0.638. The van der Waals surface area contributed by atoms with Crippen molar-refractivity contribution in [3.8, 4) is 28.9 Å². The zero-order chi connectivity index (χ0) is 15.9. The lowest BCUT2D eigenvalue weighted by atomic mass is 10.3. The molecule has 0 atom stereocenters. The molecule has 4 nitrogen and oxygen atoms in total. The first kappa shape index (κ1) is 14.9. The van der Waals surface area contributed by atoms with Crippen LogP contribution in [0.25, 0.3) is 0 Å². The van der Waals surface area contributed by atoms with Gasteiger partial charge in [0.05, 0.1) is 6.61 Å². The molecule has 0 spiro atoms. The van der Waals surface area contributed by atoms with Crippen molar-refractivity contribution < 1.29 is 14.2 Å². The van der Waals surface area contributed by atoms with Crippen molar-refractivity contribution in [2.24, 2.45) is 0 Å². The Bertz CT molecular complexity index is 742. The Morgan fingerprint density at radius 2 is 1.39 bits per heavy atom. The molecule has 0 N–H and O–H groups in total. The summed E-state index contributed by atoms with van der Waals surface area (Å²) in [5.41, 5.74) is 0. The summed E-state index contributed by atoms with van der Waals surface area (Å²) in [4.78, 5) is 4.17. The van der Waals surface area contributed by atoms with Crippen LogP contribution >= 0.6 is 0 Å². The summed E-state index contributed by atoms with van der Waals surface area (Å²) in [6.45, 7) is 2.45. The summed E-state index contributed by atoms with van der Waals surface area (Å²) in [7, 11) is 0. The molecule has 23 heavy (non-hydrogen) atoms. The minimum absolute atomic E-state index is 0.486. The minimum atomic E-state index is 0.486. The van der Waals surface area contributed by atoms with Gasteiger partial charge in [0, 0.05) is 6.20 Å². The van der Waals surface area contributed by atoms with Crippen molar-refractivity contribution in [2.75, 3.05) is 6.61 Å². The summed E-state index contributed by atoms with van der Waals surface area (Å²) in [6, 6.07) is 20.7. The molecule has 0 unspecified atom stereocenters. The SMILES string of the molecule is CCOc1ncccc1Oc1ccc(Oc2ccccc2)cc1. The Kier molecular flexibility index (Phi) is 4.74. The summed E-state index contributed by atoms with van der Waals surface area (Å²) in [5, 5.41) is 0. The number of hydrogen-bond donors (Lipinski definition) is 0. The smallest absolute Gasteiger partial charge is 0.257 e. The van der Waals surface area contributed by atoms with Gasteiger partial charge in [-0.2, -0.15) is 0 Å². The van der Waals surface area contributed by atoms with E-state index >= 15 is 0 Å². The minimum Gasteiger partial charge on any atom is -0.475 e. The van der Waals surface area contributed by atoms with E-state index in [0.717, 1.165) is 11.5 Å². The molecular formula is C19H17NO3. The molecule has 0 amide bonds. The molecule has 1 aromatic heterocycles. The third-order valence-corrected chi connectivity index (χ3v) is 3.05. The molecule has 0 fully saturated rings. The first-order valence-electron chi connectivity index (χ1n) is 7.44. The molecule has 1 heterocycles. The zero-order valence-electron chi connectivity index (χ0n) is 12.8. The van der Waals surface area contributed by atoms with Crippen molar-refractivity contribution in [2.45, 2.75) is 6.92 Å². The molecule has 3 rings (SSSR count). The Balaban J connectivity index is 1.70. The lowest BCUT2D eigenvalue weighted by Gasteiger charge is -2.11. The van der Waals surface area contributed by atoms with E-state index in [4.69, 9.17) is 14.2 Å². The Morgan fingerprint density at radius 3 is 2.09 bits per heavy atom. The van der Waals surface area contributed by atoms with Gasteiger partial charge in [0.25, 0.3) is 5.88 Å². The van der Waals surface area contributed by atoms with Crippen LogP contribution in [0.4, 0.5) is 0 Å². The van der Waals surface area contributed by atoms with Gasteiger partial charge in [0.2, 0.25) is 0 Å². The van der Waals surface area contributed by atoms with Crippen molar-refractivity contribution in [3.63, 3.8) is 0 Å². The summed E-state index contributed by atoms with van der Waals surface area (Å²) in [5.74, 6) is 3.32. The van der Waals surface area contributed by atoms with Crippen LogP contribution in [0, 0.1) is 0 Å². The van der Waals surface area contributed by atoms with Gasteiger partial charge in [-0.3, -0.25) is 0 Å². The average molecular weight is 307 g/mol. The average Bonchev–Trinajstić information content (AvgIpc) is 2.60. The molecule has 0 radical (unpaired) electrons. The Morgan fingerprint density at radius 1 is 0.739 bits per heavy atom. The van der Waals surface area contributed by atoms with Gasteiger partial charge >= 0.3 is 0 Å². The Labute approximate surface area is 135 Å². The van der Waals surface area contributed by atoms with Crippen LogP contribution in [0.2, 0.25) is 0 Å². The maximum atomic E-state index is 5.82. The Hall–Kier alpha value is -3.01. The normalized spacial score (nSPS) is 10.1. The molecular weight excluding hydrogens is 290 g/mol. The lowest BCUT2D eigenvalue weighted by molar-refractivity contribution is 0.308. The maximum absolute atomic E-state index is 5.82. The third kappa shape index (κ3) is 4.01. The van der Waals surface area contributed by atoms with Gasteiger partial charge in [0.15, 0.2) is 5.75 Å². The van der Waals surface area contributed by atoms with Crippen LogP contribution in [0.5, 0.6) is 28.9 Å². The fraction of sp³-hybridized carbons (Fsp3) is 0.105. The van der Waals surface area contributed by atoms with E-state index in [1.54, 1.807) is 6.20 Å². The van der Waals surface area contributed by atoms with E-state index < -0.39 is 0 Å². The van der Waals surface area contributed by atoms with Crippen LogP contribution in [0.15, 0.2) is 72.9 Å². The van der Waals surface area contributed by atoms with Crippen LogP contribution in [-0.2, 0) is 0 Å². The second-order valence-electron chi connectivity index (χ2n) is 4.73. The predicted octanol–water partition coefficient (Wildman–Crippen LogP) is 5.06. The van der Waals surface area contributed by atoms with Gasteiger partial charge in [-0.15, -0.1) is 0 Å². The van der Waals surface area contributed by atoms with E-state index in [9.17, 15) is 0 Å². The van der Waals surface area contributed by atoms with Crippen LogP contribution in [0.3, 0.4) is 0 Å². The van der Waals surface area contributed by atoms with Crippen molar-refractivity contribution in [3.05, 3.63) is 72.9 Å². The first-order valence-corrected chi connectivity index (χ1v) is 7.44. The molecule has 2 aromatic carbocycles. The topological polar surface area (TPSA) is 40.6 Å². The van der Waals surface area contributed by atoms with E-state index in [1.807, 2.05) is 73.7 Å². The molecule has 0 aliphatic rings. The molecule has 0 aliphatic carbocycles. The molecule has 0 bridgehead atoms. The van der Waals surface area contributed by atoms with Crippen LogP contribution < -0.4 is 14.2 Å². The van der Waals surface area contributed by atoms with Crippen LogP contribution in [0.1, 0.15) is 6.92 Å². The number of rotatable bonds is 6. The fourth-order valence-corrected chi connectivity index (χ4v) is 2.03. The number of aromatic nitrogens is 1. The van der Waals surface area contributed by atoms with Gasteiger partial charge in [-0.25, -0.2) is 4.98 Å². The molecule has 4 heteroatoms. The molecule has 3 aromatic rings. The van der Waals surface area contributed by atoms with Gasteiger partial charge in [-0.1, -0.05) is 18.2 Å². The summed E-state index contributed by atoms with van der Waals surface area (Å²) >= 11 is 0. The van der Waals surface area contributed by atoms with Gasteiger partial charge < -0.3 is 14.2 Å². The molecule has 0 saturated heterocycles. The summed E-state index contributed by atoms with van der Waals surface area (Å²) in [6.07, 6.45) is 1.68. The molecule has 0 saturated carbocycles. The highest BCUT2D eigenvalue weighted by atomic mass is 16.5. The summed E-state index contributed by atoms with van der Waals surface area (Å²) < 4.78 is 17.0. The third-order valence-electron chi connectivity index (χ3n) is 3.05. The van der Waals surface area contributed by atoms with E-state index in [2.05, 4.69) is 4.98 Å². The number of benzene rings is 2. The van der Waals surface area contributed by atoms with Crippen LogP contribution in [-0.4, -0.2) is 11.6 Å². The van der Waals surface area contributed by atoms with E-state index in [-0.39, 0.29) is 0 Å². The zero-order valence-corrected chi connectivity index (χ0v) is 12.8. The number of ether oxygens (including phenoxy) is 3. The van der Waals surface area contributed by atoms with Gasteiger partial charge in [-0.05, 0) is 55.5 Å². The predicted molar refractivity (Wildman–Crippen MR) is 88.4 cm³/mol.